The van der Waals surface area contributed by atoms with Crippen LogP contribution in [0.3, 0.4) is 0 Å². The van der Waals surface area contributed by atoms with Crippen LogP contribution in [-0.2, 0) is 4.79 Å². The Hall–Kier alpha value is -2.71. The lowest BCUT2D eigenvalue weighted by Gasteiger charge is -2.21. The first-order valence-electron chi connectivity index (χ1n) is 8.46. The zero-order chi connectivity index (χ0) is 19.2. The monoisotopic (exact) mass is 400 g/mol. The molecule has 1 unspecified atom stereocenters. The number of anilines is 2. The molecular weight excluding hydrogens is 380 g/mol. The molecule has 0 aliphatic heterocycles. The molecule has 6 nitrogen and oxygen atoms in total. The zero-order valence-electron chi connectivity index (χ0n) is 14.9. The number of benzene rings is 1. The minimum Gasteiger partial charge on any atom is -0.326 e. The summed E-state index contributed by atoms with van der Waals surface area (Å²) in [5, 5.41) is 12.7. The molecular formula is C19H20N4O2S2. The van der Waals surface area contributed by atoms with Crippen LogP contribution in [0.15, 0.2) is 53.2 Å². The maximum Gasteiger partial charge on any atom is 0.319 e. The zero-order valence-corrected chi connectivity index (χ0v) is 16.6. The van der Waals surface area contributed by atoms with Crippen molar-refractivity contribution in [1.29, 1.82) is 0 Å². The molecule has 1 aromatic carbocycles. The quantitative estimate of drug-likeness (QED) is 0.563. The van der Waals surface area contributed by atoms with E-state index in [1.807, 2.05) is 54.9 Å². The first-order chi connectivity index (χ1) is 13.0. The molecule has 3 rings (SSSR count). The van der Waals surface area contributed by atoms with Crippen LogP contribution >= 0.6 is 22.7 Å². The Labute approximate surface area is 165 Å². The third kappa shape index (κ3) is 5.15. The van der Waals surface area contributed by atoms with E-state index < -0.39 is 12.1 Å². The topological polar surface area (TPSA) is 83.1 Å². The number of aromatic nitrogens is 1. The third-order valence-electron chi connectivity index (χ3n) is 3.78. The van der Waals surface area contributed by atoms with Gasteiger partial charge in [-0.1, -0.05) is 38.1 Å². The van der Waals surface area contributed by atoms with Crippen LogP contribution in [0.1, 0.15) is 13.8 Å². The number of nitrogens with one attached hydrogen (secondary N) is 3. The van der Waals surface area contributed by atoms with E-state index >= 15 is 0 Å². The highest BCUT2D eigenvalue weighted by Crippen LogP contribution is 2.28. The molecule has 0 saturated carbocycles. The Bertz CT molecular complexity index is 892. The van der Waals surface area contributed by atoms with Crippen LogP contribution in [0.2, 0.25) is 0 Å². The highest BCUT2D eigenvalue weighted by molar-refractivity contribution is 7.16. The SMILES string of the molecule is CC(C)C(NC(=O)Nc1ccccc1)C(=O)Nc1nc(-c2cccs2)cs1. The molecule has 2 heterocycles. The highest BCUT2D eigenvalue weighted by Gasteiger charge is 2.25. The average molecular weight is 401 g/mol. The Morgan fingerprint density at radius 3 is 2.44 bits per heavy atom. The van der Waals surface area contributed by atoms with E-state index in [-0.39, 0.29) is 11.8 Å². The van der Waals surface area contributed by atoms with Crippen LogP contribution in [-0.4, -0.2) is 23.0 Å². The van der Waals surface area contributed by atoms with Crippen molar-refractivity contribution in [2.24, 2.45) is 5.92 Å². The van der Waals surface area contributed by atoms with Gasteiger partial charge in [0.25, 0.3) is 0 Å². The molecule has 0 radical (unpaired) electrons. The molecule has 2 aromatic heterocycles. The van der Waals surface area contributed by atoms with Crippen LogP contribution in [0.4, 0.5) is 15.6 Å². The molecule has 27 heavy (non-hydrogen) atoms. The summed E-state index contributed by atoms with van der Waals surface area (Å²) in [5.74, 6) is -0.372. The van der Waals surface area contributed by atoms with Gasteiger partial charge in [-0.05, 0) is 29.5 Å². The van der Waals surface area contributed by atoms with Crippen molar-refractivity contribution in [1.82, 2.24) is 10.3 Å². The molecule has 0 bridgehead atoms. The summed E-state index contributed by atoms with van der Waals surface area (Å²) in [6.45, 7) is 3.76. The molecule has 0 fully saturated rings. The van der Waals surface area contributed by atoms with E-state index in [0.29, 0.717) is 10.8 Å². The van der Waals surface area contributed by atoms with Crippen molar-refractivity contribution in [2.45, 2.75) is 19.9 Å². The van der Waals surface area contributed by atoms with Crippen LogP contribution in [0, 0.1) is 5.92 Å². The van der Waals surface area contributed by atoms with E-state index in [1.165, 1.54) is 11.3 Å². The van der Waals surface area contributed by atoms with E-state index in [4.69, 9.17) is 0 Å². The predicted octanol–water partition coefficient (Wildman–Crippen LogP) is 4.66. The molecule has 0 spiro atoms. The van der Waals surface area contributed by atoms with E-state index in [0.717, 1.165) is 10.6 Å². The second-order valence-corrected chi connectivity index (χ2v) is 8.00. The van der Waals surface area contributed by atoms with Gasteiger partial charge in [-0.25, -0.2) is 9.78 Å². The van der Waals surface area contributed by atoms with Crippen molar-refractivity contribution in [3.05, 3.63) is 53.2 Å². The largest absolute Gasteiger partial charge is 0.326 e. The molecule has 8 heteroatoms. The maximum absolute atomic E-state index is 12.7. The number of nitrogens with zero attached hydrogens (tertiary/aromatic N) is 1. The van der Waals surface area contributed by atoms with E-state index in [2.05, 4.69) is 20.9 Å². The van der Waals surface area contributed by atoms with Gasteiger partial charge in [-0.2, -0.15) is 0 Å². The van der Waals surface area contributed by atoms with Gasteiger partial charge in [0.1, 0.15) is 6.04 Å². The number of rotatable bonds is 6. The van der Waals surface area contributed by atoms with Crippen molar-refractivity contribution in [3.63, 3.8) is 0 Å². The molecule has 1 atom stereocenters. The fraction of sp³-hybridized carbons (Fsp3) is 0.211. The average Bonchev–Trinajstić information content (AvgIpc) is 3.31. The fourth-order valence-corrected chi connectivity index (χ4v) is 3.89. The van der Waals surface area contributed by atoms with Crippen LogP contribution in [0.25, 0.3) is 10.6 Å². The first-order valence-corrected chi connectivity index (χ1v) is 10.2. The van der Waals surface area contributed by atoms with Crippen molar-refractivity contribution >= 4 is 45.4 Å². The number of para-hydroxylation sites is 1. The molecule has 3 amide bonds. The van der Waals surface area contributed by atoms with Gasteiger partial charge in [-0.15, -0.1) is 22.7 Å². The number of thiazole rings is 1. The number of hydrogen-bond donors (Lipinski definition) is 3. The van der Waals surface area contributed by atoms with Gasteiger partial charge < -0.3 is 16.0 Å². The fourth-order valence-electron chi connectivity index (χ4n) is 2.42. The number of hydrogen-bond acceptors (Lipinski definition) is 5. The van der Waals surface area contributed by atoms with Gasteiger partial charge in [0.2, 0.25) is 5.91 Å². The normalized spacial score (nSPS) is 11.8. The van der Waals surface area contributed by atoms with Gasteiger partial charge in [-0.3, -0.25) is 4.79 Å². The number of urea groups is 1. The summed E-state index contributed by atoms with van der Waals surface area (Å²) in [6, 6.07) is 11.9. The summed E-state index contributed by atoms with van der Waals surface area (Å²) in [7, 11) is 0. The number of thiophene rings is 1. The Morgan fingerprint density at radius 1 is 1.00 bits per heavy atom. The molecule has 0 saturated heterocycles. The molecule has 3 aromatic rings. The smallest absolute Gasteiger partial charge is 0.319 e. The summed E-state index contributed by atoms with van der Waals surface area (Å²) < 4.78 is 0. The lowest BCUT2D eigenvalue weighted by Crippen LogP contribution is -2.48. The number of carbonyl (C=O) groups is 2. The van der Waals surface area contributed by atoms with Crippen LogP contribution in [0.5, 0.6) is 0 Å². The van der Waals surface area contributed by atoms with E-state index in [9.17, 15) is 9.59 Å². The lowest BCUT2D eigenvalue weighted by molar-refractivity contribution is -0.118. The lowest BCUT2D eigenvalue weighted by atomic mass is 10.0. The summed E-state index contributed by atoms with van der Waals surface area (Å²) in [4.78, 5) is 30.4. The Morgan fingerprint density at radius 2 is 1.78 bits per heavy atom. The summed E-state index contributed by atoms with van der Waals surface area (Å²) >= 11 is 2.96. The molecule has 0 aliphatic rings. The Kier molecular flexibility index (Phi) is 6.20. The predicted molar refractivity (Wildman–Crippen MR) is 111 cm³/mol. The highest BCUT2D eigenvalue weighted by atomic mass is 32.1. The van der Waals surface area contributed by atoms with Gasteiger partial charge in [0, 0.05) is 11.1 Å². The van der Waals surface area contributed by atoms with Gasteiger partial charge >= 0.3 is 6.03 Å². The molecule has 140 valence electrons. The number of amides is 3. The van der Waals surface area contributed by atoms with Crippen molar-refractivity contribution < 1.29 is 9.59 Å². The second kappa shape index (κ2) is 8.79. The van der Waals surface area contributed by atoms with Gasteiger partial charge in [0.15, 0.2) is 5.13 Å². The standard InChI is InChI=1S/C19H20N4O2S2/c1-12(2)16(22-18(25)20-13-7-4-3-5-8-13)17(24)23-19-21-14(11-27-19)15-9-6-10-26-15/h3-12,16H,1-2H3,(H2,20,22,25)(H,21,23,24). The van der Waals surface area contributed by atoms with Crippen molar-refractivity contribution in [2.75, 3.05) is 10.6 Å². The second-order valence-electron chi connectivity index (χ2n) is 6.19. The molecule has 3 N–H and O–H groups in total. The van der Waals surface area contributed by atoms with Crippen LogP contribution < -0.4 is 16.0 Å². The molecule has 0 aliphatic carbocycles. The Balaban J connectivity index is 1.62. The first kappa shape index (κ1) is 19.1. The third-order valence-corrected chi connectivity index (χ3v) is 5.43. The minimum atomic E-state index is -0.678. The summed E-state index contributed by atoms with van der Waals surface area (Å²) in [5.41, 5.74) is 1.50. The van der Waals surface area contributed by atoms with Crippen molar-refractivity contribution in [3.8, 4) is 10.6 Å². The maximum atomic E-state index is 12.7. The number of carbonyl (C=O) groups excluding carboxylic acids is 2. The van der Waals surface area contributed by atoms with E-state index in [1.54, 1.807) is 23.5 Å². The van der Waals surface area contributed by atoms with Gasteiger partial charge in [0.05, 0.1) is 10.6 Å². The minimum absolute atomic E-state index is 0.0803. The summed E-state index contributed by atoms with van der Waals surface area (Å²) in [6.07, 6.45) is 0.